The molecular weight excluding hydrogens is 226 g/mol. The molecule has 5 nitrogen and oxygen atoms in total. The molecule has 0 atom stereocenters. The van der Waals surface area contributed by atoms with Crippen molar-refractivity contribution >= 4 is 11.4 Å². The lowest BCUT2D eigenvalue weighted by Crippen LogP contribution is -2.25. The summed E-state index contributed by atoms with van der Waals surface area (Å²) in [5.41, 5.74) is 7.85. The van der Waals surface area contributed by atoms with E-state index >= 15 is 0 Å². The Hall–Kier alpha value is -2.04. The first-order valence-corrected chi connectivity index (χ1v) is 6.22. The fourth-order valence-electron chi connectivity index (χ4n) is 1.99. The highest BCUT2D eigenvalue weighted by atomic mass is 15.3. The average Bonchev–Trinajstić information content (AvgIpc) is 2.84. The van der Waals surface area contributed by atoms with Gasteiger partial charge < -0.3 is 10.6 Å². The third kappa shape index (κ3) is 2.45. The monoisotopic (exact) mass is 245 g/mol. The van der Waals surface area contributed by atoms with E-state index in [1.807, 2.05) is 28.9 Å². The second kappa shape index (κ2) is 5.53. The highest BCUT2D eigenvalue weighted by molar-refractivity contribution is 5.67. The first kappa shape index (κ1) is 12.4. The number of hydrogen-bond acceptors (Lipinski definition) is 4. The Morgan fingerprint density at radius 1 is 1.28 bits per heavy atom. The lowest BCUT2D eigenvalue weighted by molar-refractivity contribution is 0.604. The summed E-state index contributed by atoms with van der Waals surface area (Å²) in [6, 6.07) is 7.90. The maximum absolute atomic E-state index is 6.01. The zero-order valence-electron chi connectivity index (χ0n) is 10.9. The van der Waals surface area contributed by atoms with Gasteiger partial charge in [-0.2, -0.15) is 5.10 Å². The van der Waals surface area contributed by atoms with E-state index in [1.54, 1.807) is 6.33 Å². The average molecular weight is 245 g/mol. The van der Waals surface area contributed by atoms with E-state index in [0.717, 1.165) is 36.8 Å². The second-order valence-corrected chi connectivity index (χ2v) is 4.07. The quantitative estimate of drug-likeness (QED) is 0.817. The van der Waals surface area contributed by atoms with Crippen LogP contribution < -0.4 is 10.6 Å². The molecule has 18 heavy (non-hydrogen) atoms. The molecule has 0 spiro atoms. The number of nitrogens with two attached hydrogens (primary N) is 1. The predicted molar refractivity (Wildman–Crippen MR) is 73.3 cm³/mol. The van der Waals surface area contributed by atoms with Crippen molar-refractivity contribution in [3.8, 4) is 0 Å². The molecule has 2 aromatic rings. The van der Waals surface area contributed by atoms with Gasteiger partial charge in [-0.15, -0.1) is 0 Å². The van der Waals surface area contributed by atoms with Crippen molar-refractivity contribution in [3.05, 3.63) is 36.4 Å². The van der Waals surface area contributed by atoms with Gasteiger partial charge in [-0.05, 0) is 26.0 Å². The predicted octanol–water partition coefficient (Wildman–Crippen LogP) is 1.91. The van der Waals surface area contributed by atoms with E-state index in [4.69, 9.17) is 5.73 Å². The fraction of sp³-hybridized carbons (Fsp3) is 0.385. The van der Waals surface area contributed by atoms with Crippen molar-refractivity contribution in [2.24, 2.45) is 0 Å². The van der Waals surface area contributed by atoms with Crippen LogP contribution in [-0.2, 0) is 13.1 Å². The molecule has 0 aliphatic rings. The minimum absolute atomic E-state index is 0.721. The van der Waals surface area contributed by atoms with E-state index in [1.165, 1.54) is 0 Å². The van der Waals surface area contributed by atoms with Gasteiger partial charge in [-0.3, -0.25) is 0 Å². The van der Waals surface area contributed by atoms with E-state index in [2.05, 4.69) is 28.8 Å². The molecule has 5 heteroatoms. The summed E-state index contributed by atoms with van der Waals surface area (Å²) in [5.74, 6) is 0.961. The van der Waals surface area contributed by atoms with Crippen LogP contribution in [0.5, 0.6) is 0 Å². The number of anilines is 2. The van der Waals surface area contributed by atoms with Crippen LogP contribution in [0.15, 0.2) is 30.6 Å². The lowest BCUT2D eigenvalue weighted by Gasteiger charge is -2.24. The summed E-state index contributed by atoms with van der Waals surface area (Å²) >= 11 is 0. The van der Waals surface area contributed by atoms with Crippen molar-refractivity contribution in [3.63, 3.8) is 0 Å². The topological polar surface area (TPSA) is 60.0 Å². The Bertz CT molecular complexity index is 506. The van der Waals surface area contributed by atoms with Crippen molar-refractivity contribution in [1.29, 1.82) is 0 Å². The molecule has 0 amide bonds. The smallest absolute Gasteiger partial charge is 0.146 e. The number of nitrogen functional groups attached to an aromatic ring is 1. The maximum atomic E-state index is 6.01. The van der Waals surface area contributed by atoms with Gasteiger partial charge in [0.2, 0.25) is 0 Å². The van der Waals surface area contributed by atoms with Crippen LogP contribution in [0.4, 0.5) is 11.4 Å². The molecule has 0 fully saturated rings. The Morgan fingerprint density at radius 2 is 2.06 bits per heavy atom. The molecule has 1 heterocycles. The second-order valence-electron chi connectivity index (χ2n) is 4.07. The SMILES string of the molecule is CCN(Cc1ncnn1CC)c1ccccc1N. The molecule has 0 aliphatic heterocycles. The van der Waals surface area contributed by atoms with Crippen LogP contribution in [0.1, 0.15) is 19.7 Å². The summed E-state index contributed by atoms with van der Waals surface area (Å²) in [6.45, 7) is 6.60. The van der Waals surface area contributed by atoms with Crippen LogP contribution in [0.3, 0.4) is 0 Å². The molecule has 0 unspecified atom stereocenters. The van der Waals surface area contributed by atoms with Crippen molar-refractivity contribution < 1.29 is 0 Å². The number of rotatable bonds is 5. The van der Waals surface area contributed by atoms with Gasteiger partial charge in [0.1, 0.15) is 12.2 Å². The third-order valence-electron chi connectivity index (χ3n) is 2.99. The Morgan fingerprint density at radius 3 is 2.72 bits per heavy atom. The van der Waals surface area contributed by atoms with E-state index in [-0.39, 0.29) is 0 Å². The van der Waals surface area contributed by atoms with Crippen LogP contribution in [0, 0.1) is 0 Å². The molecule has 96 valence electrons. The normalized spacial score (nSPS) is 10.6. The molecule has 0 radical (unpaired) electrons. The fourth-order valence-corrected chi connectivity index (χ4v) is 1.99. The van der Waals surface area contributed by atoms with Crippen molar-refractivity contribution in [2.45, 2.75) is 26.9 Å². The van der Waals surface area contributed by atoms with E-state index in [9.17, 15) is 0 Å². The largest absolute Gasteiger partial charge is 0.397 e. The van der Waals surface area contributed by atoms with Crippen molar-refractivity contribution in [2.75, 3.05) is 17.2 Å². The van der Waals surface area contributed by atoms with Crippen LogP contribution in [-0.4, -0.2) is 21.3 Å². The summed E-state index contributed by atoms with van der Waals surface area (Å²) in [6.07, 6.45) is 1.60. The van der Waals surface area contributed by atoms with Gasteiger partial charge in [-0.25, -0.2) is 9.67 Å². The number of nitrogens with zero attached hydrogens (tertiary/aromatic N) is 4. The Balaban J connectivity index is 2.23. The number of aryl methyl sites for hydroxylation is 1. The van der Waals surface area contributed by atoms with E-state index in [0.29, 0.717) is 0 Å². The molecule has 2 rings (SSSR count). The Labute approximate surface area is 107 Å². The van der Waals surface area contributed by atoms with Crippen LogP contribution in [0.25, 0.3) is 0 Å². The Kier molecular flexibility index (Phi) is 3.82. The third-order valence-corrected chi connectivity index (χ3v) is 2.99. The first-order valence-electron chi connectivity index (χ1n) is 6.22. The molecule has 0 bridgehead atoms. The highest BCUT2D eigenvalue weighted by Gasteiger charge is 2.11. The molecule has 0 saturated heterocycles. The molecule has 0 aliphatic carbocycles. The molecule has 1 aromatic carbocycles. The number of benzene rings is 1. The van der Waals surface area contributed by atoms with Gasteiger partial charge in [0.05, 0.1) is 17.9 Å². The molecule has 2 N–H and O–H groups in total. The van der Waals surface area contributed by atoms with Gasteiger partial charge in [0, 0.05) is 13.1 Å². The van der Waals surface area contributed by atoms with E-state index < -0.39 is 0 Å². The zero-order chi connectivity index (χ0) is 13.0. The highest BCUT2D eigenvalue weighted by Crippen LogP contribution is 2.23. The van der Waals surface area contributed by atoms with Crippen LogP contribution >= 0.6 is 0 Å². The van der Waals surface area contributed by atoms with Gasteiger partial charge >= 0.3 is 0 Å². The summed E-state index contributed by atoms with van der Waals surface area (Å²) < 4.78 is 1.90. The lowest BCUT2D eigenvalue weighted by atomic mass is 10.2. The number of hydrogen-bond donors (Lipinski definition) is 1. The summed E-state index contributed by atoms with van der Waals surface area (Å²) in [4.78, 5) is 6.50. The summed E-state index contributed by atoms with van der Waals surface area (Å²) in [5, 5.41) is 4.19. The number of para-hydroxylation sites is 2. The maximum Gasteiger partial charge on any atom is 0.146 e. The molecular formula is C13H19N5. The van der Waals surface area contributed by atoms with Gasteiger partial charge in [0.15, 0.2) is 0 Å². The zero-order valence-corrected chi connectivity index (χ0v) is 10.9. The van der Waals surface area contributed by atoms with Gasteiger partial charge in [-0.1, -0.05) is 12.1 Å². The van der Waals surface area contributed by atoms with Crippen molar-refractivity contribution in [1.82, 2.24) is 14.8 Å². The molecule has 1 aromatic heterocycles. The van der Waals surface area contributed by atoms with Gasteiger partial charge in [0.25, 0.3) is 0 Å². The molecule has 0 saturated carbocycles. The minimum atomic E-state index is 0.721. The first-order chi connectivity index (χ1) is 8.76. The summed E-state index contributed by atoms with van der Waals surface area (Å²) in [7, 11) is 0. The minimum Gasteiger partial charge on any atom is -0.397 e. The van der Waals surface area contributed by atoms with Crippen LogP contribution in [0.2, 0.25) is 0 Å². The number of aromatic nitrogens is 3. The standard InChI is InChI=1S/C13H19N5/c1-3-17(12-8-6-5-7-11(12)14)9-13-15-10-16-18(13)4-2/h5-8,10H,3-4,9,14H2,1-2H3.